The van der Waals surface area contributed by atoms with Gasteiger partial charge in [0.2, 0.25) is 5.91 Å². The number of rotatable bonds is 6. The van der Waals surface area contributed by atoms with Crippen LogP contribution >= 0.6 is 0 Å². The molecule has 1 aliphatic heterocycles. The van der Waals surface area contributed by atoms with Gasteiger partial charge >= 0.3 is 6.03 Å². The molecule has 1 heterocycles. The Labute approximate surface area is 150 Å². The Morgan fingerprint density at radius 2 is 1.77 bits per heavy atom. The van der Waals surface area contributed by atoms with Gasteiger partial charge in [-0.3, -0.25) is 14.9 Å². The zero-order valence-electron chi connectivity index (χ0n) is 14.2. The molecule has 0 radical (unpaired) electrons. The molecule has 1 aliphatic rings. The summed E-state index contributed by atoms with van der Waals surface area (Å²) in [5.74, 6) is -0.192. The van der Waals surface area contributed by atoms with Crippen LogP contribution in [0.4, 0.5) is 10.5 Å². The fourth-order valence-corrected chi connectivity index (χ4v) is 3.00. The van der Waals surface area contributed by atoms with Crippen LogP contribution in [-0.4, -0.2) is 25.0 Å². The van der Waals surface area contributed by atoms with Crippen LogP contribution in [0.2, 0.25) is 0 Å². The van der Waals surface area contributed by atoms with E-state index in [0.29, 0.717) is 17.0 Å². The molecule has 4 amide bonds. The molecule has 0 saturated carbocycles. The van der Waals surface area contributed by atoms with Crippen LogP contribution in [0, 0.1) is 0 Å². The van der Waals surface area contributed by atoms with E-state index in [9.17, 15) is 14.4 Å². The number of anilines is 1. The summed E-state index contributed by atoms with van der Waals surface area (Å²) in [4.78, 5) is 36.5. The van der Waals surface area contributed by atoms with Crippen molar-refractivity contribution in [3.63, 3.8) is 0 Å². The summed E-state index contributed by atoms with van der Waals surface area (Å²) < 4.78 is 5.21. The number of amides is 4. The third-order valence-corrected chi connectivity index (χ3v) is 4.32. The van der Waals surface area contributed by atoms with Crippen molar-refractivity contribution in [1.29, 1.82) is 0 Å². The summed E-state index contributed by atoms with van der Waals surface area (Å²) in [6.45, 7) is 0. The van der Waals surface area contributed by atoms with Gasteiger partial charge in [0.1, 0.15) is 11.3 Å². The predicted octanol–water partition coefficient (Wildman–Crippen LogP) is 2.15. The Kier molecular flexibility index (Phi) is 4.88. The molecule has 2 aromatic carbocycles. The highest BCUT2D eigenvalue weighted by Crippen LogP contribution is 2.30. The quantitative estimate of drug-likeness (QED) is 0.693. The van der Waals surface area contributed by atoms with Gasteiger partial charge < -0.3 is 15.4 Å². The van der Waals surface area contributed by atoms with Crippen molar-refractivity contribution >= 4 is 23.5 Å². The van der Waals surface area contributed by atoms with E-state index in [-0.39, 0.29) is 18.7 Å². The van der Waals surface area contributed by atoms with Crippen LogP contribution < -0.4 is 20.7 Å². The molecule has 2 aromatic rings. The van der Waals surface area contributed by atoms with Crippen LogP contribution in [0.1, 0.15) is 18.4 Å². The number of hydrogen-bond donors (Lipinski definition) is 3. The third-order valence-electron chi connectivity index (χ3n) is 4.32. The van der Waals surface area contributed by atoms with Gasteiger partial charge in [-0.25, -0.2) is 4.79 Å². The first kappa shape index (κ1) is 17.5. The molecule has 1 saturated heterocycles. The molecular weight excluding hydrogens is 334 g/mol. The van der Waals surface area contributed by atoms with E-state index in [1.165, 1.54) is 7.11 Å². The molecule has 7 nitrogen and oxygen atoms in total. The molecule has 134 valence electrons. The molecule has 1 atom stereocenters. The molecule has 3 rings (SSSR count). The highest BCUT2D eigenvalue weighted by molar-refractivity contribution is 6.07. The lowest BCUT2D eigenvalue weighted by Gasteiger charge is -2.26. The average Bonchev–Trinajstić information content (AvgIpc) is 2.95. The van der Waals surface area contributed by atoms with Gasteiger partial charge in [-0.2, -0.15) is 0 Å². The maximum atomic E-state index is 12.4. The van der Waals surface area contributed by atoms with E-state index in [1.54, 1.807) is 48.5 Å². The smallest absolute Gasteiger partial charge is 0.322 e. The van der Waals surface area contributed by atoms with Gasteiger partial charge in [0.05, 0.1) is 12.8 Å². The maximum absolute atomic E-state index is 12.4. The second kappa shape index (κ2) is 7.26. The number of nitrogens with one attached hydrogen (secondary N) is 3. The lowest BCUT2D eigenvalue weighted by atomic mass is 9.85. The van der Waals surface area contributed by atoms with Gasteiger partial charge in [0.25, 0.3) is 5.91 Å². The van der Waals surface area contributed by atoms with Gasteiger partial charge in [-0.15, -0.1) is 0 Å². The second-order valence-corrected chi connectivity index (χ2v) is 5.93. The maximum Gasteiger partial charge on any atom is 0.322 e. The Hall–Kier alpha value is -3.35. The number of carbonyl (C=O) groups is 3. The summed E-state index contributed by atoms with van der Waals surface area (Å²) in [5, 5.41) is 7.70. The zero-order chi connectivity index (χ0) is 18.6. The third kappa shape index (κ3) is 3.37. The van der Waals surface area contributed by atoms with Gasteiger partial charge in [-0.1, -0.05) is 42.5 Å². The minimum Gasteiger partial charge on any atom is -0.495 e. The largest absolute Gasteiger partial charge is 0.495 e. The van der Waals surface area contributed by atoms with Crippen molar-refractivity contribution in [2.24, 2.45) is 0 Å². The molecule has 7 heteroatoms. The molecule has 0 spiro atoms. The van der Waals surface area contributed by atoms with Gasteiger partial charge in [-0.05, 0) is 24.1 Å². The minimum absolute atomic E-state index is 0.0423. The lowest BCUT2D eigenvalue weighted by molar-refractivity contribution is -0.125. The van der Waals surface area contributed by atoms with Crippen LogP contribution in [-0.2, 0) is 15.1 Å². The monoisotopic (exact) mass is 353 g/mol. The molecule has 0 aromatic heterocycles. The molecule has 1 fully saturated rings. The van der Waals surface area contributed by atoms with E-state index in [1.807, 2.05) is 6.07 Å². The number of carbonyl (C=O) groups excluding carboxylic acids is 3. The van der Waals surface area contributed by atoms with Crippen molar-refractivity contribution in [2.45, 2.75) is 18.4 Å². The zero-order valence-corrected chi connectivity index (χ0v) is 14.2. The molecule has 0 aliphatic carbocycles. The van der Waals surface area contributed by atoms with Crippen LogP contribution in [0.25, 0.3) is 0 Å². The second-order valence-electron chi connectivity index (χ2n) is 5.93. The van der Waals surface area contributed by atoms with E-state index >= 15 is 0 Å². The normalized spacial score (nSPS) is 18.8. The fourth-order valence-electron chi connectivity index (χ4n) is 3.00. The lowest BCUT2D eigenvalue weighted by Crippen LogP contribution is -2.44. The average molecular weight is 353 g/mol. The Morgan fingerprint density at radius 1 is 1.08 bits per heavy atom. The first-order valence-electron chi connectivity index (χ1n) is 8.17. The highest BCUT2D eigenvalue weighted by atomic mass is 16.5. The van der Waals surface area contributed by atoms with E-state index < -0.39 is 17.5 Å². The number of para-hydroxylation sites is 2. The summed E-state index contributed by atoms with van der Waals surface area (Å²) in [6, 6.07) is 15.4. The van der Waals surface area contributed by atoms with E-state index in [4.69, 9.17) is 4.74 Å². The van der Waals surface area contributed by atoms with Crippen molar-refractivity contribution in [2.75, 3.05) is 12.4 Å². The summed E-state index contributed by atoms with van der Waals surface area (Å²) in [6.07, 6.45) is 0.177. The Morgan fingerprint density at radius 3 is 2.42 bits per heavy atom. The van der Waals surface area contributed by atoms with Crippen LogP contribution in [0.15, 0.2) is 54.6 Å². The number of benzene rings is 2. The minimum atomic E-state index is -1.25. The van der Waals surface area contributed by atoms with Gasteiger partial charge in [0.15, 0.2) is 0 Å². The topological polar surface area (TPSA) is 96.5 Å². The van der Waals surface area contributed by atoms with E-state index in [2.05, 4.69) is 16.0 Å². The van der Waals surface area contributed by atoms with Crippen LogP contribution in [0.3, 0.4) is 0 Å². The van der Waals surface area contributed by atoms with Crippen LogP contribution in [0.5, 0.6) is 5.75 Å². The van der Waals surface area contributed by atoms with Crippen molar-refractivity contribution < 1.29 is 19.1 Å². The predicted molar refractivity (Wildman–Crippen MR) is 95.7 cm³/mol. The molecule has 1 unspecified atom stereocenters. The number of methoxy groups -OCH3 is 1. The number of urea groups is 1. The fraction of sp³-hybridized carbons (Fsp3) is 0.211. The summed E-state index contributed by atoms with van der Waals surface area (Å²) in [7, 11) is 1.52. The number of hydrogen-bond acceptors (Lipinski definition) is 4. The molecule has 3 N–H and O–H groups in total. The summed E-state index contributed by atoms with van der Waals surface area (Å²) >= 11 is 0. The Balaban J connectivity index is 1.76. The van der Waals surface area contributed by atoms with E-state index in [0.717, 1.165) is 0 Å². The summed E-state index contributed by atoms with van der Waals surface area (Å²) in [5.41, 5.74) is -0.0710. The molecule has 26 heavy (non-hydrogen) atoms. The first-order chi connectivity index (χ1) is 12.5. The molecule has 0 bridgehead atoms. The van der Waals surface area contributed by atoms with Crippen molar-refractivity contribution in [3.8, 4) is 5.75 Å². The Bertz CT molecular complexity index is 838. The highest BCUT2D eigenvalue weighted by Gasteiger charge is 2.47. The van der Waals surface area contributed by atoms with Gasteiger partial charge in [0, 0.05) is 6.42 Å². The standard InChI is InChI=1S/C19H19N3O4/c1-26-15-10-6-5-9-14(15)20-16(23)11-12-19(13-7-3-2-4-8-13)17(24)21-18(25)22-19/h2-10H,11-12H2,1H3,(H,20,23)(H2,21,22,24,25). The SMILES string of the molecule is COc1ccccc1NC(=O)CCC1(c2ccccc2)NC(=O)NC1=O. The number of imide groups is 1. The first-order valence-corrected chi connectivity index (χ1v) is 8.17. The molecular formula is C19H19N3O4. The van der Waals surface area contributed by atoms with Crippen molar-refractivity contribution in [1.82, 2.24) is 10.6 Å². The number of ether oxygens (including phenoxy) is 1. The van der Waals surface area contributed by atoms with Crippen molar-refractivity contribution in [3.05, 3.63) is 60.2 Å².